The first-order chi connectivity index (χ1) is 8.72. The van der Waals surface area contributed by atoms with Gasteiger partial charge in [0, 0.05) is 24.3 Å². The van der Waals surface area contributed by atoms with E-state index in [9.17, 15) is 0 Å². The van der Waals surface area contributed by atoms with Crippen molar-refractivity contribution in [3.8, 4) is 0 Å². The van der Waals surface area contributed by atoms with E-state index in [-0.39, 0.29) is 0 Å². The van der Waals surface area contributed by atoms with Gasteiger partial charge in [-0.15, -0.1) is 11.6 Å². The van der Waals surface area contributed by atoms with Crippen LogP contribution < -0.4 is 4.90 Å². The molecule has 100 valence electrons. The molecule has 18 heavy (non-hydrogen) atoms. The van der Waals surface area contributed by atoms with E-state index in [4.69, 9.17) is 11.6 Å². The highest BCUT2D eigenvalue weighted by Crippen LogP contribution is 2.30. The molecule has 3 nitrogen and oxygen atoms in total. The maximum absolute atomic E-state index is 6.01. The highest BCUT2D eigenvalue weighted by molar-refractivity contribution is 6.17. The van der Waals surface area contributed by atoms with E-state index in [1.807, 2.05) is 6.20 Å². The van der Waals surface area contributed by atoms with Crippen molar-refractivity contribution in [2.75, 3.05) is 11.4 Å². The van der Waals surface area contributed by atoms with Crippen LogP contribution in [-0.4, -0.2) is 22.6 Å². The van der Waals surface area contributed by atoms with Crippen LogP contribution in [0.2, 0.25) is 0 Å². The smallest absolute Gasteiger partial charge is 0.136 e. The number of anilines is 1. The molecule has 0 bridgehead atoms. The molecule has 0 amide bonds. The summed E-state index contributed by atoms with van der Waals surface area (Å²) < 4.78 is 0. The molecule has 0 unspecified atom stereocenters. The topological polar surface area (TPSA) is 29.0 Å². The van der Waals surface area contributed by atoms with Crippen molar-refractivity contribution in [2.24, 2.45) is 5.92 Å². The fourth-order valence-electron chi connectivity index (χ4n) is 2.72. The Bertz CT molecular complexity index is 375. The summed E-state index contributed by atoms with van der Waals surface area (Å²) in [6, 6.07) is 0.629. The molecule has 1 aliphatic rings. The Kier molecular flexibility index (Phi) is 4.81. The van der Waals surface area contributed by atoms with Gasteiger partial charge in [0.15, 0.2) is 0 Å². The second-order valence-corrected chi connectivity index (χ2v) is 5.76. The van der Waals surface area contributed by atoms with Crippen molar-refractivity contribution in [2.45, 2.75) is 51.5 Å². The van der Waals surface area contributed by atoms with E-state index >= 15 is 0 Å². The van der Waals surface area contributed by atoms with E-state index < -0.39 is 0 Å². The van der Waals surface area contributed by atoms with Crippen LogP contribution in [0.1, 0.15) is 45.1 Å². The molecule has 0 spiro atoms. The Morgan fingerprint density at radius 1 is 1.39 bits per heavy atom. The zero-order valence-corrected chi connectivity index (χ0v) is 12.0. The second kappa shape index (κ2) is 6.37. The quantitative estimate of drug-likeness (QED) is 0.763. The molecule has 1 aromatic rings. The molecule has 0 aliphatic heterocycles. The summed E-state index contributed by atoms with van der Waals surface area (Å²) in [6.45, 7) is 5.55. The Labute approximate surface area is 115 Å². The van der Waals surface area contributed by atoms with E-state index in [0.717, 1.165) is 17.9 Å². The van der Waals surface area contributed by atoms with Crippen LogP contribution in [0.25, 0.3) is 0 Å². The van der Waals surface area contributed by atoms with Crippen LogP contribution in [-0.2, 0) is 5.88 Å². The SMILES string of the molecule is CC(C)CN(c1ncncc1CCl)C1CCCC1. The lowest BCUT2D eigenvalue weighted by atomic mass is 10.1. The minimum absolute atomic E-state index is 0.484. The second-order valence-electron chi connectivity index (χ2n) is 5.49. The van der Waals surface area contributed by atoms with E-state index in [1.165, 1.54) is 25.7 Å². The van der Waals surface area contributed by atoms with Gasteiger partial charge in [0.1, 0.15) is 12.1 Å². The molecule has 0 N–H and O–H groups in total. The summed E-state index contributed by atoms with van der Waals surface area (Å²) in [5.74, 6) is 2.15. The van der Waals surface area contributed by atoms with Crippen molar-refractivity contribution in [1.29, 1.82) is 0 Å². The van der Waals surface area contributed by atoms with Gasteiger partial charge in [-0.05, 0) is 18.8 Å². The molecule has 1 aromatic heterocycles. The number of aromatic nitrogens is 2. The zero-order valence-electron chi connectivity index (χ0n) is 11.3. The minimum Gasteiger partial charge on any atom is -0.353 e. The van der Waals surface area contributed by atoms with Crippen molar-refractivity contribution < 1.29 is 0 Å². The Morgan fingerprint density at radius 3 is 2.72 bits per heavy atom. The van der Waals surface area contributed by atoms with Gasteiger partial charge in [-0.25, -0.2) is 9.97 Å². The van der Waals surface area contributed by atoms with Crippen molar-refractivity contribution >= 4 is 17.4 Å². The number of hydrogen-bond acceptors (Lipinski definition) is 3. The normalized spacial score (nSPS) is 16.4. The number of nitrogens with zero attached hydrogens (tertiary/aromatic N) is 3. The average Bonchev–Trinajstić information content (AvgIpc) is 2.89. The van der Waals surface area contributed by atoms with Gasteiger partial charge in [-0.2, -0.15) is 0 Å². The van der Waals surface area contributed by atoms with E-state index in [0.29, 0.717) is 17.8 Å². The summed E-state index contributed by atoms with van der Waals surface area (Å²) in [6.07, 6.45) is 8.70. The van der Waals surface area contributed by atoms with Gasteiger partial charge in [0.05, 0.1) is 5.88 Å². The van der Waals surface area contributed by atoms with Gasteiger partial charge in [0.2, 0.25) is 0 Å². The lowest BCUT2D eigenvalue weighted by Gasteiger charge is -2.32. The molecule has 1 heterocycles. The molecule has 0 aromatic carbocycles. The predicted molar refractivity (Wildman–Crippen MR) is 76.0 cm³/mol. The number of alkyl halides is 1. The molecular formula is C14H22ClN3. The lowest BCUT2D eigenvalue weighted by molar-refractivity contribution is 0.529. The molecule has 4 heteroatoms. The first kappa shape index (κ1) is 13.6. The summed E-state index contributed by atoms with van der Waals surface area (Å²) in [4.78, 5) is 11.0. The van der Waals surface area contributed by atoms with Crippen molar-refractivity contribution in [3.05, 3.63) is 18.1 Å². The van der Waals surface area contributed by atoms with Crippen LogP contribution in [0.5, 0.6) is 0 Å². The maximum atomic E-state index is 6.01. The van der Waals surface area contributed by atoms with E-state index in [2.05, 4.69) is 28.7 Å². The molecule has 0 saturated heterocycles. The van der Waals surface area contributed by atoms with Gasteiger partial charge < -0.3 is 4.90 Å². The van der Waals surface area contributed by atoms with Crippen LogP contribution in [0.3, 0.4) is 0 Å². The Balaban J connectivity index is 2.26. The Hall–Kier alpha value is -0.830. The first-order valence-corrected chi connectivity index (χ1v) is 7.37. The van der Waals surface area contributed by atoms with Crippen LogP contribution >= 0.6 is 11.6 Å². The number of rotatable bonds is 5. The standard InChI is InChI=1S/C14H22ClN3/c1-11(2)9-18(13-5-3-4-6-13)14-12(7-15)8-16-10-17-14/h8,10-11,13H,3-7,9H2,1-2H3. The lowest BCUT2D eigenvalue weighted by Crippen LogP contribution is -2.37. The van der Waals surface area contributed by atoms with Gasteiger partial charge in [-0.3, -0.25) is 0 Å². The third kappa shape index (κ3) is 3.14. The van der Waals surface area contributed by atoms with E-state index in [1.54, 1.807) is 6.33 Å². The van der Waals surface area contributed by atoms with Gasteiger partial charge >= 0.3 is 0 Å². The highest BCUT2D eigenvalue weighted by Gasteiger charge is 2.25. The molecule has 1 fully saturated rings. The van der Waals surface area contributed by atoms with Crippen LogP contribution in [0, 0.1) is 5.92 Å². The fraction of sp³-hybridized carbons (Fsp3) is 0.714. The predicted octanol–water partition coefficient (Wildman–Crippen LogP) is 3.62. The van der Waals surface area contributed by atoms with Crippen LogP contribution in [0.4, 0.5) is 5.82 Å². The van der Waals surface area contributed by atoms with Crippen LogP contribution in [0.15, 0.2) is 12.5 Å². The monoisotopic (exact) mass is 267 g/mol. The highest BCUT2D eigenvalue weighted by atomic mass is 35.5. The molecule has 1 saturated carbocycles. The molecule has 1 aliphatic carbocycles. The molecule has 0 atom stereocenters. The third-order valence-electron chi connectivity index (χ3n) is 3.51. The van der Waals surface area contributed by atoms with Gasteiger partial charge in [0.25, 0.3) is 0 Å². The fourth-order valence-corrected chi connectivity index (χ4v) is 2.91. The summed E-state index contributed by atoms with van der Waals surface area (Å²) in [5.41, 5.74) is 1.05. The van der Waals surface area contributed by atoms with Crippen molar-refractivity contribution in [3.63, 3.8) is 0 Å². The molecule has 2 rings (SSSR count). The number of halogens is 1. The van der Waals surface area contributed by atoms with Crippen molar-refractivity contribution in [1.82, 2.24) is 9.97 Å². The number of hydrogen-bond donors (Lipinski definition) is 0. The molecular weight excluding hydrogens is 246 g/mol. The third-order valence-corrected chi connectivity index (χ3v) is 3.80. The first-order valence-electron chi connectivity index (χ1n) is 6.84. The Morgan fingerprint density at radius 2 is 2.11 bits per heavy atom. The summed E-state index contributed by atoms with van der Waals surface area (Å²) in [5, 5.41) is 0. The van der Waals surface area contributed by atoms with Gasteiger partial charge in [-0.1, -0.05) is 26.7 Å². The zero-order chi connectivity index (χ0) is 13.0. The maximum Gasteiger partial charge on any atom is 0.136 e. The molecule has 0 radical (unpaired) electrons. The minimum atomic E-state index is 0.484. The summed E-state index contributed by atoms with van der Waals surface area (Å²) >= 11 is 6.01. The average molecular weight is 268 g/mol. The summed E-state index contributed by atoms with van der Waals surface area (Å²) in [7, 11) is 0. The largest absolute Gasteiger partial charge is 0.353 e.